The van der Waals surface area contributed by atoms with Crippen LogP contribution < -0.4 is 28.4 Å². The number of piperidine rings is 3. The molecular formula is C75H73F2N9O10. The fourth-order valence-corrected chi connectivity index (χ4v) is 14.1. The topological polar surface area (TPSA) is 212 Å². The third kappa shape index (κ3) is 11.6. The van der Waals surface area contributed by atoms with E-state index in [1.54, 1.807) is 53.1 Å². The molecule has 0 unspecified atom stereocenters. The first-order valence-corrected chi connectivity index (χ1v) is 32.3. The van der Waals surface area contributed by atoms with Crippen LogP contribution in [0.4, 0.5) is 8.78 Å². The highest BCUT2D eigenvalue weighted by Gasteiger charge is 2.49. The van der Waals surface area contributed by atoms with Gasteiger partial charge in [-0.15, -0.1) is 0 Å². The quantitative estimate of drug-likeness (QED) is 0.135. The number of hydrogen-bond acceptors (Lipinski definition) is 13. The molecule has 9 aromatic rings. The van der Waals surface area contributed by atoms with Crippen molar-refractivity contribution in [2.24, 2.45) is 7.05 Å². The first-order valence-electron chi connectivity index (χ1n) is 32.3. The number of aliphatic hydroxyl groups is 1. The molecule has 1 N–H and O–H groups in total. The molecule has 96 heavy (non-hydrogen) atoms. The second kappa shape index (κ2) is 26.5. The van der Waals surface area contributed by atoms with Crippen LogP contribution >= 0.6 is 0 Å². The maximum Gasteiger partial charge on any atom is 0.257 e. The van der Waals surface area contributed by atoms with E-state index in [0.717, 1.165) is 51.1 Å². The SMILES string of the molecule is CC(C)Oc1cccc(C(=O)N2CCC3(CC2)Oc2ccccc2-n2c(C#N)ccc23)c1F.CCOc1c(F)cccc1C(=O)N1CCC2(CC1)Oc1ccccc1-n1c(C#N)ccc12.Cn1ncc2c1-c1ccccc1OC21CCN(C(=O)c2ccccc2OCCO)CC1.[HH]. The van der Waals surface area contributed by atoms with E-state index in [4.69, 9.17) is 33.5 Å². The average molecular weight is 1300 g/mol. The van der Waals surface area contributed by atoms with Crippen LogP contribution in [0.5, 0.6) is 34.5 Å². The van der Waals surface area contributed by atoms with Gasteiger partial charge >= 0.3 is 0 Å². The van der Waals surface area contributed by atoms with Gasteiger partial charge in [0.1, 0.15) is 58.7 Å². The molecule has 0 aliphatic carbocycles. The Hall–Kier alpha value is -10.9. The Balaban J connectivity index is 0.000000138. The molecule has 492 valence electrons. The van der Waals surface area contributed by atoms with Crippen LogP contribution in [-0.2, 0) is 23.9 Å². The molecule has 6 aromatic carbocycles. The summed E-state index contributed by atoms with van der Waals surface area (Å²) in [7, 11) is 1.95. The number of halogens is 2. The van der Waals surface area contributed by atoms with E-state index in [2.05, 4.69) is 23.3 Å². The first kappa shape index (κ1) is 63.8. The van der Waals surface area contributed by atoms with Crippen molar-refractivity contribution in [1.82, 2.24) is 33.6 Å². The van der Waals surface area contributed by atoms with Crippen molar-refractivity contribution in [2.45, 2.75) is 82.2 Å². The number of ether oxygens (including phenoxy) is 6. The van der Waals surface area contributed by atoms with E-state index in [1.165, 1.54) is 24.3 Å². The highest BCUT2D eigenvalue weighted by atomic mass is 19.1. The molecule has 0 atom stereocenters. The highest BCUT2D eigenvalue weighted by molar-refractivity contribution is 5.98. The summed E-state index contributed by atoms with van der Waals surface area (Å²) in [5, 5.41) is 32.8. The molecule has 6 aliphatic heterocycles. The number of likely N-dealkylation sites (tertiary alicyclic amines) is 3. The van der Waals surface area contributed by atoms with E-state index in [9.17, 15) is 33.7 Å². The van der Waals surface area contributed by atoms with Crippen LogP contribution in [0.15, 0.2) is 164 Å². The minimum absolute atomic E-state index is 0. The number of para-hydroxylation sites is 7. The molecule has 15 rings (SSSR count). The number of hydrogen-bond donors (Lipinski definition) is 1. The van der Waals surface area contributed by atoms with Crippen molar-refractivity contribution in [2.75, 3.05) is 59.1 Å². The zero-order chi connectivity index (χ0) is 66.9. The predicted molar refractivity (Wildman–Crippen MR) is 353 cm³/mol. The monoisotopic (exact) mass is 1300 g/mol. The van der Waals surface area contributed by atoms with Gasteiger partial charge in [-0.25, -0.2) is 8.78 Å². The lowest BCUT2D eigenvalue weighted by atomic mass is 9.81. The standard InChI is InChI=1S/C26H24FN3O3.C25H22FN3O3.C24H25N3O4.H2/c1-17(2)32-22-9-5-6-19(24(22)27)25(31)29-14-12-26(13-15-29)23-11-10-18(16-28)30(23)20-7-3-4-8-21(20)33-26;1-2-31-23-18(6-5-7-19(23)26)24(30)28-14-12-25(13-15-28)22-11-10-17(16-27)29(22)20-8-3-4-9-21(20)32-25;1-26-22-17-6-2-5-9-21(17)31-24(19(22)16-25-26)10-12-27(13-11-24)23(29)18-7-3-4-8-20(18)30-15-14-28;/h3-11,17H,12-15H2,1-2H3;3-11H,2,12-15H2,1H3;2-9,16,28H,10-15H2,1H3;1H. The van der Waals surface area contributed by atoms with Crippen LogP contribution in [0.1, 0.15) is 120 Å². The lowest BCUT2D eigenvalue weighted by molar-refractivity contribution is -0.00995. The maximum absolute atomic E-state index is 15.0. The summed E-state index contributed by atoms with van der Waals surface area (Å²) >= 11 is 0. The van der Waals surface area contributed by atoms with E-state index >= 15 is 0 Å². The van der Waals surface area contributed by atoms with Crippen LogP contribution in [0.3, 0.4) is 0 Å². The van der Waals surface area contributed by atoms with Gasteiger partial charge in [0.05, 0.1) is 70.7 Å². The summed E-state index contributed by atoms with van der Waals surface area (Å²) in [4.78, 5) is 44.8. The summed E-state index contributed by atoms with van der Waals surface area (Å²) in [6.07, 6.45) is 5.26. The van der Waals surface area contributed by atoms with Crippen LogP contribution in [-0.4, -0.2) is 122 Å². The van der Waals surface area contributed by atoms with Gasteiger partial charge in [-0.3, -0.25) is 28.2 Å². The summed E-state index contributed by atoms with van der Waals surface area (Å²) < 4.78 is 71.1. The number of fused-ring (bicyclic) bond motifs is 12. The van der Waals surface area contributed by atoms with Gasteiger partial charge in [0.25, 0.3) is 17.7 Å². The van der Waals surface area contributed by atoms with Crippen molar-refractivity contribution in [3.63, 3.8) is 0 Å². The Labute approximate surface area is 555 Å². The fourth-order valence-electron chi connectivity index (χ4n) is 14.1. The van der Waals surface area contributed by atoms with Crippen molar-refractivity contribution in [1.29, 1.82) is 10.5 Å². The van der Waals surface area contributed by atoms with Crippen molar-refractivity contribution < 1.29 is 58.1 Å². The number of aromatic nitrogens is 4. The van der Waals surface area contributed by atoms with Gasteiger partial charge in [0.15, 0.2) is 34.3 Å². The Bertz CT molecular complexity index is 4530. The number of aliphatic hydroxyl groups excluding tert-OH is 1. The molecule has 0 saturated carbocycles. The summed E-state index contributed by atoms with van der Waals surface area (Å²) in [6, 6.07) is 51.6. The Morgan fingerprint density at radius 3 is 1.61 bits per heavy atom. The number of nitrogens with zero attached hydrogens (tertiary/aromatic N) is 9. The zero-order valence-corrected chi connectivity index (χ0v) is 53.7. The van der Waals surface area contributed by atoms with Crippen LogP contribution in [0.2, 0.25) is 0 Å². The first-order chi connectivity index (χ1) is 46.6. The van der Waals surface area contributed by atoms with E-state index in [0.29, 0.717) is 106 Å². The number of benzene rings is 6. The molecule has 0 radical (unpaired) electrons. The second-order valence-corrected chi connectivity index (χ2v) is 24.6. The van der Waals surface area contributed by atoms with Crippen LogP contribution in [0, 0.1) is 34.3 Å². The molecule has 9 heterocycles. The molecule has 0 bridgehead atoms. The van der Waals surface area contributed by atoms with Crippen molar-refractivity contribution >= 4 is 17.7 Å². The highest BCUT2D eigenvalue weighted by Crippen LogP contribution is 2.51. The van der Waals surface area contributed by atoms with Gasteiger partial charge < -0.3 is 48.2 Å². The third-order valence-corrected chi connectivity index (χ3v) is 18.7. The largest absolute Gasteiger partial charge is 0.490 e. The predicted octanol–water partition coefficient (Wildman–Crippen LogP) is 12.4. The summed E-state index contributed by atoms with van der Waals surface area (Å²) in [5.41, 5.74) is 6.81. The minimum Gasteiger partial charge on any atom is -0.490 e. The molecule has 3 aromatic heterocycles. The number of rotatable bonds is 10. The Morgan fingerprint density at radius 2 is 1.05 bits per heavy atom. The summed E-state index contributed by atoms with van der Waals surface area (Å²) in [6.45, 7) is 8.56. The summed E-state index contributed by atoms with van der Waals surface area (Å²) in [5.74, 6) is 1.01. The van der Waals surface area contributed by atoms with E-state index in [-0.39, 0.29) is 67.7 Å². The third-order valence-electron chi connectivity index (χ3n) is 18.7. The van der Waals surface area contributed by atoms with Gasteiger partial charge in [0, 0.05) is 97.4 Å². The van der Waals surface area contributed by atoms with Gasteiger partial charge in [0.2, 0.25) is 0 Å². The van der Waals surface area contributed by atoms with Gasteiger partial charge in [-0.1, -0.05) is 60.7 Å². The smallest absolute Gasteiger partial charge is 0.257 e. The number of carbonyl (C=O) groups excluding carboxylic acids is 3. The Kier molecular flexibility index (Phi) is 17.6. The number of carbonyl (C=O) groups is 3. The maximum atomic E-state index is 15.0. The number of aryl methyl sites for hydroxylation is 1. The molecule has 3 spiro atoms. The van der Waals surface area contributed by atoms with Crippen molar-refractivity contribution in [3.8, 4) is 69.3 Å². The number of amides is 3. The Morgan fingerprint density at radius 1 is 0.583 bits per heavy atom. The lowest BCUT2D eigenvalue weighted by Gasteiger charge is -2.45. The molecule has 21 heteroatoms. The second-order valence-electron chi connectivity index (χ2n) is 24.6. The zero-order valence-electron chi connectivity index (χ0n) is 53.7. The lowest BCUT2D eigenvalue weighted by Crippen LogP contribution is -2.50. The molecule has 6 aliphatic rings. The molecular weight excluding hydrogens is 1220 g/mol. The van der Waals surface area contributed by atoms with Gasteiger partial charge in [-0.2, -0.15) is 15.6 Å². The minimum atomic E-state index is -0.651. The molecule has 3 saturated heterocycles. The van der Waals surface area contributed by atoms with Gasteiger partial charge in [-0.05, 0) is 118 Å². The van der Waals surface area contributed by atoms with E-state index in [1.807, 2.05) is 137 Å². The molecule has 3 fully saturated rings. The molecule has 3 amide bonds. The normalized spacial score (nSPS) is 16.1. The average Bonchev–Trinajstić information content (AvgIpc) is 1.69. The molecule has 19 nitrogen and oxygen atoms in total. The number of nitriles is 2. The fraction of sp³-hybridized carbons (Fsp3) is 0.307. The van der Waals surface area contributed by atoms with Crippen molar-refractivity contribution in [3.05, 3.63) is 221 Å². The van der Waals surface area contributed by atoms with E-state index < -0.39 is 28.4 Å². The van der Waals surface area contributed by atoms with Crippen LogP contribution in [0.25, 0.3) is 22.6 Å².